The molecule has 0 saturated heterocycles. The summed E-state index contributed by atoms with van der Waals surface area (Å²) >= 11 is 3.74. The van der Waals surface area contributed by atoms with Gasteiger partial charge in [0.2, 0.25) is 0 Å². The largest absolute Gasteiger partial charge is 0.494 e. The van der Waals surface area contributed by atoms with Crippen LogP contribution in [-0.4, -0.2) is 22.0 Å². The van der Waals surface area contributed by atoms with Gasteiger partial charge in [0.1, 0.15) is 5.75 Å². The second-order valence-corrected chi connectivity index (χ2v) is 7.68. The summed E-state index contributed by atoms with van der Waals surface area (Å²) in [6.45, 7) is 1.20. The van der Waals surface area contributed by atoms with Gasteiger partial charge >= 0.3 is 6.03 Å². The number of alkyl halides is 1. The van der Waals surface area contributed by atoms with E-state index in [-0.39, 0.29) is 6.03 Å². The molecule has 2 amide bonds. The number of halogens is 1. The zero-order chi connectivity index (χ0) is 18.9. The Morgan fingerprint density at radius 1 is 1.11 bits per heavy atom. The van der Waals surface area contributed by atoms with Gasteiger partial charge in [-0.15, -0.1) is 11.3 Å². The van der Waals surface area contributed by atoms with E-state index in [9.17, 15) is 4.79 Å². The Kier molecular flexibility index (Phi) is 7.46. The molecule has 0 atom stereocenters. The van der Waals surface area contributed by atoms with Crippen LogP contribution in [0.2, 0.25) is 0 Å². The van der Waals surface area contributed by atoms with Gasteiger partial charge in [0.25, 0.3) is 0 Å². The molecule has 0 unspecified atom stereocenters. The van der Waals surface area contributed by atoms with Crippen molar-refractivity contribution in [1.82, 2.24) is 10.3 Å². The second kappa shape index (κ2) is 10.3. The number of carbonyl (C=O) groups is 1. The fourth-order valence-corrected chi connectivity index (χ4v) is 3.38. The molecule has 3 rings (SSSR count). The minimum atomic E-state index is -0.265. The summed E-state index contributed by atoms with van der Waals surface area (Å²) in [6, 6.07) is 17.4. The number of carbonyl (C=O) groups excluding carboxylic acids is 1. The summed E-state index contributed by atoms with van der Waals surface area (Å²) in [5, 5.41) is 8.10. The maximum Gasteiger partial charge on any atom is 0.321 e. The number of rotatable bonds is 8. The lowest BCUT2D eigenvalue weighted by atomic mass is 10.2. The van der Waals surface area contributed by atoms with E-state index in [1.165, 1.54) is 11.3 Å². The molecule has 7 heteroatoms. The number of aromatic nitrogens is 1. The van der Waals surface area contributed by atoms with Gasteiger partial charge in [-0.1, -0.05) is 52.9 Å². The number of ether oxygens (including phenoxy) is 1. The third-order valence-electron chi connectivity index (χ3n) is 3.72. The Labute approximate surface area is 176 Å². The lowest BCUT2D eigenvalue weighted by molar-refractivity contribution is 0.251. The first-order chi connectivity index (χ1) is 13.2. The average Bonchev–Trinajstić information content (AvgIpc) is 3.16. The molecule has 0 bridgehead atoms. The number of hydrogen-bond acceptors (Lipinski definition) is 4. The third kappa shape index (κ3) is 6.21. The van der Waals surface area contributed by atoms with Crippen molar-refractivity contribution >= 4 is 45.1 Å². The number of nitrogens with one attached hydrogen (secondary N) is 2. The van der Waals surface area contributed by atoms with Crippen molar-refractivity contribution in [3.8, 4) is 17.0 Å². The highest BCUT2D eigenvalue weighted by Crippen LogP contribution is 2.26. The van der Waals surface area contributed by atoms with E-state index in [1.54, 1.807) is 0 Å². The van der Waals surface area contributed by atoms with Crippen LogP contribution in [0.3, 0.4) is 0 Å². The zero-order valence-electron chi connectivity index (χ0n) is 14.7. The van der Waals surface area contributed by atoms with Gasteiger partial charge in [-0.3, -0.25) is 5.32 Å². The zero-order valence-corrected chi connectivity index (χ0v) is 17.6. The number of anilines is 1. The monoisotopic (exact) mass is 493 g/mol. The van der Waals surface area contributed by atoms with E-state index >= 15 is 0 Å². The Morgan fingerprint density at radius 2 is 1.89 bits per heavy atom. The van der Waals surface area contributed by atoms with Gasteiger partial charge in [0.15, 0.2) is 5.13 Å². The summed E-state index contributed by atoms with van der Waals surface area (Å²) in [5.74, 6) is 0.859. The molecular weight excluding hydrogens is 473 g/mol. The molecule has 2 aromatic carbocycles. The van der Waals surface area contributed by atoms with Crippen LogP contribution in [0.4, 0.5) is 9.93 Å². The predicted molar refractivity (Wildman–Crippen MR) is 119 cm³/mol. The van der Waals surface area contributed by atoms with Gasteiger partial charge in [-0.05, 0) is 36.2 Å². The minimum absolute atomic E-state index is 0.265. The molecule has 1 aromatic heterocycles. The first-order valence-electron chi connectivity index (χ1n) is 8.58. The van der Waals surface area contributed by atoms with Crippen molar-refractivity contribution in [3.63, 3.8) is 0 Å². The van der Waals surface area contributed by atoms with Gasteiger partial charge in [-0.2, -0.15) is 0 Å². The number of hydrogen-bond donors (Lipinski definition) is 2. The quantitative estimate of drug-likeness (QED) is 0.253. The number of amides is 2. The molecule has 0 saturated carbocycles. The number of nitrogens with zero attached hydrogens (tertiary/aromatic N) is 1. The van der Waals surface area contributed by atoms with Crippen LogP contribution >= 0.6 is 33.9 Å². The number of thiazole rings is 1. The van der Waals surface area contributed by atoms with E-state index < -0.39 is 0 Å². The molecular formula is C20H20IN3O2S. The first kappa shape index (κ1) is 19.6. The van der Waals surface area contributed by atoms with Gasteiger partial charge in [0.05, 0.1) is 12.3 Å². The summed E-state index contributed by atoms with van der Waals surface area (Å²) in [7, 11) is 0. The molecule has 0 aliphatic rings. The predicted octanol–water partition coefficient (Wildman–Crippen LogP) is 5.34. The van der Waals surface area contributed by atoms with E-state index in [0.29, 0.717) is 11.7 Å². The lowest BCUT2D eigenvalue weighted by Crippen LogP contribution is -2.28. The SMILES string of the molecule is O=C(NCc1ccccc1)Nc1nc(-c2ccc(OCCCI)cc2)cs1. The van der Waals surface area contributed by atoms with Crippen LogP contribution in [-0.2, 0) is 6.54 Å². The average molecular weight is 493 g/mol. The topological polar surface area (TPSA) is 63.2 Å². The molecule has 0 radical (unpaired) electrons. The van der Waals surface area contributed by atoms with Crippen LogP contribution < -0.4 is 15.4 Å². The fraction of sp³-hybridized carbons (Fsp3) is 0.200. The van der Waals surface area contributed by atoms with Crippen LogP contribution in [0.1, 0.15) is 12.0 Å². The van der Waals surface area contributed by atoms with Gasteiger partial charge < -0.3 is 10.1 Å². The second-order valence-electron chi connectivity index (χ2n) is 5.75. The van der Waals surface area contributed by atoms with E-state index in [1.807, 2.05) is 60.0 Å². The lowest BCUT2D eigenvalue weighted by Gasteiger charge is -2.06. The Morgan fingerprint density at radius 3 is 2.63 bits per heavy atom. The molecule has 2 N–H and O–H groups in total. The smallest absolute Gasteiger partial charge is 0.321 e. The standard InChI is InChI=1S/C20H20IN3O2S/c21-11-4-12-26-17-9-7-16(8-10-17)18-14-27-20(23-18)24-19(25)22-13-15-5-2-1-3-6-15/h1-3,5-10,14H,4,11-13H2,(H2,22,23,24,25). The van der Waals surface area contributed by atoms with Gasteiger partial charge in [-0.25, -0.2) is 9.78 Å². The van der Waals surface area contributed by atoms with Crippen molar-refractivity contribution < 1.29 is 9.53 Å². The highest BCUT2D eigenvalue weighted by molar-refractivity contribution is 14.1. The highest BCUT2D eigenvalue weighted by atomic mass is 127. The molecule has 0 fully saturated rings. The van der Waals surface area contributed by atoms with Crippen molar-refractivity contribution in [1.29, 1.82) is 0 Å². The maximum atomic E-state index is 12.0. The summed E-state index contributed by atoms with van der Waals surface area (Å²) < 4.78 is 6.76. The van der Waals surface area contributed by atoms with Gasteiger partial charge in [0, 0.05) is 21.9 Å². The fourth-order valence-electron chi connectivity index (χ4n) is 2.35. The van der Waals surface area contributed by atoms with E-state index in [0.717, 1.165) is 40.0 Å². The molecule has 140 valence electrons. The van der Waals surface area contributed by atoms with E-state index in [4.69, 9.17) is 4.74 Å². The Hall–Kier alpha value is -2.13. The molecule has 3 aromatic rings. The molecule has 0 aliphatic carbocycles. The van der Waals surface area contributed by atoms with E-state index in [2.05, 4.69) is 38.2 Å². The first-order valence-corrected chi connectivity index (χ1v) is 11.0. The Bertz CT molecular complexity index is 853. The summed E-state index contributed by atoms with van der Waals surface area (Å²) in [6.07, 6.45) is 1.04. The molecule has 1 heterocycles. The normalized spacial score (nSPS) is 10.4. The van der Waals surface area contributed by atoms with Crippen LogP contribution in [0.5, 0.6) is 5.75 Å². The molecule has 27 heavy (non-hydrogen) atoms. The van der Waals surface area contributed by atoms with Crippen molar-refractivity contribution in [3.05, 3.63) is 65.5 Å². The minimum Gasteiger partial charge on any atom is -0.494 e. The van der Waals surface area contributed by atoms with Crippen LogP contribution in [0.25, 0.3) is 11.3 Å². The van der Waals surface area contributed by atoms with Crippen molar-refractivity contribution in [2.75, 3.05) is 16.4 Å². The third-order valence-corrected chi connectivity index (χ3v) is 5.24. The summed E-state index contributed by atoms with van der Waals surface area (Å²) in [5.41, 5.74) is 2.87. The number of urea groups is 1. The molecule has 5 nitrogen and oxygen atoms in total. The summed E-state index contributed by atoms with van der Waals surface area (Å²) in [4.78, 5) is 16.5. The van der Waals surface area contributed by atoms with Crippen molar-refractivity contribution in [2.45, 2.75) is 13.0 Å². The van der Waals surface area contributed by atoms with Crippen LogP contribution in [0.15, 0.2) is 60.0 Å². The van der Waals surface area contributed by atoms with Crippen LogP contribution in [0, 0.1) is 0 Å². The van der Waals surface area contributed by atoms with Crippen molar-refractivity contribution in [2.24, 2.45) is 0 Å². The number of benzene rings is 2. The highest BCUT2D eigenvalue weighted by Gasteiger charge is 2.08. The Balaban J connectivity index is 1.52. The molecule has 0 aliphatic heterocycles. The molecule has 0 spiro atoms. The maximum absolute atomic E-state index is 12.0.